The monoisotopic (exact) mass is 434 g/mol. The van der Waals surface area contributed by atoms with Crippen LogP contribution in [0.2, 0.25) is 0 Å². The van der Waals surface area contributed by atoms with Gasteiger partial charge in [-0.1, -0.05) is 17.7 Å². The van der Waals surface area contributed by atoms with Crippen LogP contribution < -0.4 is 0 Å². The van der Waals surface area contributed by atoms with E-state index >= 15 is 0 Å². The Balaban J connectivity index is 2.03. The molecule has 0 unspecified atom stereocenters. The van der Waals surface area contributed by atoms with Crippen molar-refractivity contribution in [2.75, 3.05) is 26.2 Å². The molecule has 0 saturated carbocycles. The molecule has 1 amide bonds. The molecule has 1 aliphatic heterocycles. The zero-order chi connectivity index (χ0) is 21.3. The number of aryl methyl sites for hydroxylation is 1. The van der Waals surface area contributed by atoms with Crippen LogP contribution in [0.1, 0.15) is 5.56 Å². The molecule has 0 spiro atoms. The summed E-state index contributed by atoms with van der Waals surface area (Å²) in [5, 5.41) is 0. The highest BCUT2D eigenvalue weighted by atomic mass is 32.2. The van der Waals surface area contributed by atoms with Gasteiger partial charge in [0.25, 0.3) is 6.10 Å². The zero-order valence-electron chi connectivity index (χ0n) is 14.4. The van der Waals surface area contributed by atoms with Crippen molar-refractivity contribution in [3.05, 3.63) is 29.8 Å². The number of benzene rings is 1. The average Bonchev–Trinajstić information content (AvgIpc) is 2.58. The Kier molecular flexibility index (Phi) is 6.19. The van der Waals surface area contributed by atoms with Gasteiger partial charge in [-0.3, -0.25) is 0 Å². The van der Waals surface area contributed by atoms with Gasteiger partial charge in [-0.25, -0.2) is 13.2 Å². The highest BCUT2D eigenvalue weighted by molar-refractivity contribution is 7.89. The number of alkyl halides is 6. The third kappa shape index (κ3) is 5.07. The minimum absolute atomic E-state index is 0.0108. The molecule has 0 aromatic heterocycles. The Morgan fingerprint density at radius 3 is 1.86 bits per heavy atom. The van der Waals surface area contributed by atoms with Crippen molar-refractivity contribution in [3.63, 3.8) is 0 Å². The topological polar surface area (TPSA) is 66.9 Å². The molecule has 158 valence electrons. The highest BCUT2D eigenvalue weighted by Crippen LogP contribution is 2.36. The third-order valence-corrected chi connectivity index (χ3v) is 5.88. The molecular weight excluding hydrogens is 418 g/mol. The maximum atomic E-state index is 12.5. The lowest BCUT2D eigenvalue weighted by Gasteiger charge is -2.34. The number of sulfonamides is 1. The molecule has 0 N–H and O–H groups in total. The summed E-state index contributed by atoms with van der Waals surface area (Å²) in [6, 6.07) is 5.91. The number of rotatable bonds is 3. The maximum Gasteiger partial charge on any atom is 0.434 e. The molecule has 0 bridgehead atoms. The van der Waals surface area contributed by atoms with Crippen molar-refractivity contribution >= 4 is 16.1 Å². The van der Waals surface area contributed by atoms with Crippen LogP contribution in [0.15, 0.2) is 29.2 Å². The fourth-order valence-electron chi connectivity index (χ4n) is 2.46. The number of piperazine rings is 1. The van der Waals surface area contributed by atoms with E-state index in [1.807, 2.05) is 0 Å². The van der Waals surface area contributed by atoms with Crippen LogP contribution in [-0.2, 0) is 14.8 Å². The molecule has 0 radical (unpaired) electrons. The highest BCUT2D eigenvalue weighted by Gasteiger charge is 2.60. The number of halogens is 6. The summed E-state index contributed by atoms with van der Waals surface area (Å²) in [6.07, 6.45) is -17.7. The predicted octanol–water partition coefficient (Wildman–Crippen LogP) is 2.93. The van der Waals surface area contributed by atoms with Gasteiger partial charge in [0.1, 0.15) is 0 Å². The summed E-state index contributed by atoms with van der Waals surface area (Å²) in [6.45, 7) is 0.344. The minimum Gasteiger partial charge on any atom is -0.426 e. The lowest BCUT2D eigenvalue weighted by Crippen LogP contribution is -2.53. The van der Waals surface area contributed by atoms with E-state index in [1.165, 1.54) is 12.1 Å². The first kappa shape index (κ1) is 22.3. The number of carbonyl (C=O) groups excluding carboxylic acids is 1. The molecule has 1 aromatic rings. The van der Waals surface area contributed by atoms with Gasteiger partial charge in [0, 0.05) is 26.2 Å². The molecule has 28 heavy (non-hydrogen) atoms. The van der Waals surface area contributed by atoms with Gasteiger partial charge in [-0.05, 0) is 19.1 Å². The molecular formula is C15H16F6N2O4S. The second-order valence-electron chi connectivity index (χ2n) is 6.05. The van der Waals surface area contributed by atoms with Crippen LogP contribution >= 0.6 is 0 Å². The van der Waals surface area contributed by atoms with Gasteiger partial charge in [0.15, 0.2) is 0 Å². The number of hydrogen-bond acceptors (Lipinski definition) is 4. The van der Waals surface area contributed by atoms with Gasteiger partial charge in [-0.15, -0.1) is 0 Å². The number of amides is 1. The predicted molar refractivity (Wildman–Crippen MR) is 83.9 cm³/mol. The molecule has 1 fully saturated rings. The van der Waals surface area contributed by atoms with Crippen LogP contribution in [-0.4, -0.2) is 68.4 Å². The molecule has 1 saturated heterocycles. The summed E-state index contributed by atoms with van der Waals surface area (Å²) >= 11 is 0. The lowest BCUT2D eigenvalue weighted by atomic mass is 10.2. The van der Waals surface area contributed by atoms with Crippen LogP contribution in [0.3, 0.4) is 0 Å². The lowest BCUT2D eigenvalue weighted by molar-refractivity contribution is -0.308. The summed E-state index contributed by atoms with van der Waals surface area (Å²) in [5.74, 6) is 0. The summed E-state index contributed by atoms with van der Waals surface area (Å²) < 4.78 is 104. The first-order valence-corrected chi connectivity index (χ1v) is 9.33. The standard InChI is InChI=1S/C15H16F6N2O4S/c1-10-2-4-11(5-3-10)28(25,26)23-8-6-22(7-9-23)13(24)27-12(14(16,17)18)15(19,20)21/h2-5,12H,6-9H2,1H3. The van der Waals surface area contributed by atoms with Crippen molar-refractivity contribution < 1.29 is 44.3 Å². The first-order valence-electron chi connectivity index (χ1n) is 7.89. The van der Waals surface area contributed by atoms with Gasteiger partial charge >= 0.3 is 18.4 Å². The minimum atomic E-state index is -5.81. The van der Waals surface area contributed by atoms with Crippen LogP contribution in [0.4, 0.5) is 31.1 Å². The maximum absolute atomic E-state index is 12.5. The first-order chi connectivity index (χ1) is 12.7. The van der Waals surface area contributed by atoms with E-state index < -0.39 is 47.7 Å². The Hall–Kier alpha value is -2.02. The molecule has 1 aliphatic rings. The van der Waals surface area contributed by atoms with E-state index in [0.717, 1.165) is 9.87 Å². The van der Waals surface area contributed by atoms with E-state index in [2.05, 4.69) is 4.74 Å². The van der Waals surface area contributed by atoms with Crippen molar-refractivity contribution in [3.8, 4) is 0 Å². The Labute approximate surface area is 156 Å². The van der Waals surface area contributed by atoms with Gasteiger partial charge in [0.2, 0.25) is 10.0 Å². The molecule has 6 nitrogen and oxygen atoms in total. The normalized spacial score (nSPS) is 17.1. The van der Waals surface area contributed by atoms with Gasteiger partial charge in [0.05, 0.1) is 4.90 Å². The quantitative estimate of drug-likeness (QED) is 0.687. The molecule has 0 atom stereocenters. The molecule has 1 aromatic carbocycles. The SMILES string of the molecule is Cc1ccc(S(=O)(=O)N2CCN(C(=O)OC(C(F)(F)F)C(F)(F)F)CC2)cc1. The van der Waals surface area contributed by atoms with Gasteiger partial charge < -0.3 is 9.64 Å². The summed E-state index contributed by atoms with van der Waals surface area (Å²) in [4.78, 5) is 12.3. The van der Waals surface area contributed by atoms with Crippen molar-refractivity contribution in [1.29, 1.82) is 0 Å². The second kappa shape index (κ2) is 7.78. The number of nitrogens with zero attached hydrogens (tertiary/aromatic N) is 2. The average molecular weight is 434 g/mol. The number of carbonyl (C=O) groups is 1. The summed E-state index contributed by atoms with van der Waals surface area (Å²) in [7, 11) is -3.90. The zero-order valence-corrected chi connectivity index (χ0v) is 15.2. The van der Waals surface area contributed by atoms with Crippen LogP contribution in [0.5, 0.6) is 0 Å². The molecule has 1 heterocycles. The number of ether oxygens (including phenoxy) is 1. The van der Waals surface area contributed by atoms with Crippen LogP contribution in [0, 0.1) is 6.92 Å². The van der Waals surface area contributed by atoms with E-state index in [4.69, 9.17) is 0 Å². The smallest absolute Gasteiger partial charge is 0.426 e. The fourth-order valence-corrected chi connectivity index (χ4v) is 3.89. The van der Waals surface area contributed by atoms with Crippen molar-refractivity contribution in [2.45, 2.75) is 30.3 Å². The molecule has 0 aliphatic carbocycles. The second-order valence-corrected chi connectivity index (χ2v) is 7.99. The van der Waals surface area contributed by atoms with E-state index in [9.17, 15) is 39.6 Å². The Bertz CT molecular complexity index is 785. The van der Waals surface area contributed by atoms with Crippen molar-refractivity contribution in [1.82, 2.24) is 9.21 Å². The van der Waals surface area contributed by atoms with Crippen LogP contribution in [0.25, 0.3) is 0 Å². The number of hydrogen-bond donors (Lipinski definition) is 0. The summed E-state index contributed by atoms with van der Waals surface area (Å²) in [5.41, 5.74) is 0.829. The van der Waals surface area contributed by atoms with E-state index in [1.54, 1.807) is 19.1 Å². The fraction of sp³-hybridized carbons (Fsp3) is 0.533. The molecule has 13 heteroatoms. The van der Waals surface area contributed by atoms with Crippen molar-refractivity contribution in [2.24, 2.45) is 0 Å². The Morgan fingerprint density at radius 2 is 1.43 bits per heavy atom. The van der Waals surface area contributed by atoms with E-state index in [0.29, 0.717) is 4.90 Å². The van der Waals surface area contributed by atoms with Gasteiger partial charge in [-0.2, -0.15) is 30.6 Å². The van der Waals surface area contributed by atoms with E-state index in [-0.39, 0.29) is 18.0 Å². The third-order valence-electron chi connectivity index (χ3n) is 3.97. The molecule has 2 rings (SSSR count). The Morgan fingerprint density at radius 1 is 0.964 bits per heavy atom. The largest absolute Gasteiger partial charge is 0.434 e.